The van der Waals surface area contributed by atoms with Gasteiger partial charge >= 0.3 is 0 Å². The van der Waals surface area contributed by atoms with E-state index in [4.69, 9.17) is 16.3 Å². The van der Waals surface area contributed by atoms with Gasteiger partial charge in [-0.15, -0.1) is 0 Å². The first-order chi connectivity index (χ1) is 10.0. The van der Waals surface area contributed by atoms with Crippen LogP contribution < -0.4 is 4.74 Å². The number of hydrogen-bond acceptors (Lipinski definition) is 2. The highest BCUT2D eigenvalue weighted by Crippen LogP contribution is 2.29. The van der Waals surface area contributed by atoms with E-state index < -0.39 is 11.6 Å². The lowest BCUT2D eigenvalue weighted by Gasteiger charge is -2.09. The zero-order chi connectivity index (χ0) is 15.4. The molecule has 21 heavy (non-hydrogen) atoms. The number of carbonyl (C=O) groups excluding carboxylic acids is 1. The summed E-state index contributed by atoms with van der Waals surface area (Å²) >= 11 is 9.27. The highest BCUT2D eigenvalue weighted by atomic mass is 79.9. The molecule has 0 atom stereocenters. The monoisotopic (exact) mass is 370 g/mol. The van der Waals surface area contributed by atoms with Crippen LogP contribution in [0.25, 0.3) is 0 Å². The fraction of sp³-hybridized carbons (Fsp3) is 0.188. The van der Waals surface area contributed by atoms with E-state index in [9.17, 15) is 9.18 Å². The topological polar surface area (TPSA) is 26.3 Å². The van der Waals surface area contributed by atoms with Crippen molar-refractivity contribution in [2.75, 3.05) is 6.61 Å². The van der Waals surface area contributed by atoms with E-state index in [0.29, 0.717) is 22.4 Å². The Labute approximate surface area is 136 Å². The number of ketones is 1. The van der Waals surface area contributed by atoms with Gasteiger partial charge in [0.05, 0.1) is 21.7 Å². The summed E-state index contributed by atoms with van der Waals surface area (Å²) < 4.78 is 20.0. The average molecular weight is 372 g/mol. The molecule has 2 rings (SSSR count). The molecule has 0 spiro atoms. The molecule has 0 aliphatic rings. The molecule has 5 heteroatoms. The van der Waals surface area contributed by atoms with E-state index in [0.717, 1.165) is 6.42 Å². The van der Waals surface area contributed by atoms with Crippen molar-refractivity contribution in [1.82, 2.24) is 0 Å². The normalized spacial score (nSPS) is 10.5. The first kappa shape index (κ1) is 16.0. The molecule has 0 aromatic heterocycles. The lowest BCUT2D eigenvalue weighted by Crippen LogP contribution is -2.06. The maximum absolute atomic E-state index is 13.8. The number of hydrogen-bond donors (Lipinski definition) is 0. The highest BCUT2D eigenvalue weighted by molar-refractivity contribution is 9.10. The zero-order valence-corrected chi connectivity index (χ0v) is 13.7. The molecule has 2 aromatic carbocycles. The predicted octanol–water partition coefficient (Wildman–Crippen LogP) is 5.26. The van der Waals surface area contributed by atoms with Gasteiger partial charge < -0.3 is 4.74 Å². The van der Waals surface area contributed by atoms with Crippen molar-refractivity contribution in [1.29, 1.82) is 0 Å². The fourth-order valence-electron chi connectivity index (χ4n) is 1.83. The Bertz CT molecular complexity index is 653. The van der Waals surface area contributed by atoms with Gasteiger partial charge in [-0.1, -0.05) is 24.6 Å². The quantitative estimate of drug-likeness (QED) is 0.670. The van der Waals surface area contributed by atoms with Crippen LogP contribution in [0.4, 0.5) is 4.39 Å². The first-order valence-electron chi connectivity index (χ1n) is 6.45. The molecule has 0 bridgehead atoms. The lowest BCUT2D eigenvalue weighted by molar-refractivity contribution is 0.103. The molecule has 0 saturated carbocycles. The van der Waals surface area contributed by atoms with Gasteiger partial charge in [-0.2, -0.15) is 0 Å². The third kappa shape index (κ3) is 3.63. The summed E-state index contributed by atoms with van der Waals surface area (Å²) in [6.07, 6.45) is 0.887. The Morgan fingerprint density at radius 1 is 1.33 bits per heavy atom. The summed E-state index contributed by atoms with van der Waals surface area (Å²) in [5.74, 6) is -0.441. The number of ether oxygens (including phenoxy) is 1. The Morgan fingerprint density at radius 2 is 2.10 bits per heavy atom. The van der Waals surface area contributed by atoms with Gasteiger partial charge in [-0.05, 0) is 52.7 Å². The third-order valence-corrected chi connectivity index (χ3v) is 3.78. The van der Waals surface area contributed by atoms with Gasteiger partial charge in [-0.25, -0.2) is 4.39 Å². The lowest BCUT2D eigenvalue weighted by atomic mass is 10.0. The summed E-state index contributed by atoms with van der Waals surface area (Å²) in [5.41, 5.74) is 0.228. The molecule has 0 heterocycles. The van der Waals surface area contributed by atoms with Crippen LogP contribution in [0, 0.1) is 5.82 Å². The molecule has 0 aliphatic heterocycles. The zero-order valence-electron chi connectivity index (χ0n) is 11.3. The van der Waals surface area contributed by atoms with E-state index in [2.05, 4.69) is 15.9 Å². The minimum atomic E-state index is -0.630. The van der Waals surface area contributed by atoms with E-state index in [1.54, 1.807) is 18.2 Å². The molecule has 110 valence electrons. The number of carbonyl (C=O) groups is 1. The van der Waals surface area contributed by atoms with Crippen LogP contribution in [0.5, 0.6) is 5.75 Å². The second-order valence-corrected chi connectivity index (χ2v) is 5.68. The molecule has 0 saturated heterocycles. The van der Waals surface area contributed by atoms with Crippen LogP contribution in [0.1, 0.15) is 29.3 Å². The van der Waals surface area contributed by atoms with Gasteiger partial charge in [0.25, 0.3) is 0 Å². The molecule has 0 unspecified atom stereocenters. The van der Waals surface area contributed by atoms with Crippen molar-refractivity contribution in [2.45, 2.75) is 13.3 Å². The summed E-state index contributed by atoms with van der Waals surface area (Å²) in [5, 5.41) is 0.0995. The van der Waals surface area contributed by atoms with Crippen molar-refractivity contribution < 1.29 is 13.9 Å². The van der Waals surface area contributed by atoms with Gasteiger partial charge in [-0.3, -0.25) is 4.79 Å². The first-order valence-corrected chi connectivity index (χ1v) is 7.62. The molecule has 0 aliphatic carbocycles. The minimum Gasteiger partial charge on any atom is -0.492 e. The smallest absolute Gasteiger partial charge is 0.197 e. The van der Waals surface area contributed by atoms with E-state index >= 15 is 0 Å². The molecule has 0 radical (unpaired) electrons. The largest absolute Gasteiger partial charge is 0.492 e. The van der Waals surface area contributed by atoms with E-state index in [1.807, 2.05) is 6.92 Å². The predicted molar refractivity (Wildman–Crippen MR) is 84.8 cm³/mol. The Kier molecular flexibility index (Phi) is 5.37. The van der Waals surface area contributed by atoms with Gasteiger partial charge in [0.15, 0.2) is 5.78 Å². The van der Waals surface area contributed by atoms with Crippen LogP contribution in [0.2, 0.25) is 5.02 Å². The van der Waals surface area contributed by atoms with Crippen molar-refractivity contribution in [3.8, 4) is 5.75 Å². The summed E-state index contributed by atoms with van der Waals surface area (Å²) in [6.45, 7) is 2.59. The maximum Gasteiger partial charge on any atom is 0.197 e. The van der Waals surface area contributed by atoms with Crippen molar-refractivity contribution in [3.05, 3.63) is 62.8 Å². The number of benzene rings is 2. The van der Waals surface area contributed by atoms with Crippen molar-refractivity contribution in [3.63, 3.8) is 0 Å². The van der Waals surface area contributed by atoms with Crippen LogP contribution in [0.15, 0.2) is 40.9 Å². The number of halogens is 3. The van der Waals surface area contributed by atoms with Crippen LogP contribution in [-0.4, -0.2) is 12.4 Å². The molecule has 2 nitrogen and oxygen atoms in total. The molecular formula is C16H13BrClFO2. The van der Waals surface area contributed by atoms with Gasteiger partial charge in [0, 0.05) is 5.56 Å². The molecule has 0 N–H and O–H groups in total. The van der Waals surface area contributed by atoms with Gasteiger partial charge in [0.1, 0.15) is 11.6 Å². The fourth-order valence-corrected chi connectivity index (χ4v) is 2.57. The number of rotatable bonds is 5. The summed E-state index contributed by atoms with van der Waals surface area (Å²) in [4.78, 5) is 12.4. The van der Waals surface area contributed by atoms with Gasteiger partial charge in [0.2, 0.25) is 0 Å². The molecule has 0 amide bonds. The van der Waals surface area contributed by atoms with Crippen molar-refractivity contribution in [2.24, 2.45) is 0 Å². The Balaban J connectivity index is 2.34. The molecule has 0 fully saturated rings. The second kappa shape index (κ2) is 7.05. The summed E-state index contributed by atoms with van der Waals surface area (Å²) in [6, 6.07) is 9.06. The third-order valence-electron chi connectivity index (χ3n) is 2.85. The van der Waals surface area contributed by atoms with Crippen LogP contribution >= 0.6 is 27.5 Å². The Hall–Kier alpha value is -1.39. The van der Waals surface area contributed by atoms with Crippen LogP contribution in [0.3, 0.4) is 0 Å². The van der Waals surface area contributed by atoms with Crippen molar-refractivity contribution >= 4 is 33.3 Å². The summed E-state index contributed by atoms with van der Waals surface area (Å²) in [7, 11) is 0. The second-order valence-electron chi connectivity index (χ2n) is 4.42. The minimum absolute atomic E-state index is 0.0995. The average Bonchev–Trinajstić information content (AvgIpc) is 2.45. The standard InChI is InChI=1S/C16H13BrClFO2/c1-2-8-21-14-7-6-10(9-11(14)17)16(20)15-12(18)4-3-5-13(15)19/h3-7,9H,2,8H2,1H3. The van der Waals surface area contributed by atoms with E-state index in [-0.39, 0.29) is 10.6 Å². The SMILES string of the molecule is CCCOc1ccc(C(=O)c2c(F)cccc2Cl)cc1Br. The molecular weight excluding hydrogens is 359 g/mol. The highest BCUT2D eigenvalue weighted by Gasteiger charge is 2.18. The Morgan fingerprint density at radius 3 is 2.71 bits per heavy atom. The maximum atomic E-state index is 13.8. The molecule has 2 aromatic rings. The van der Waals surface area contributed by atoms with Crippen LogP contribution in [-0.2, 0) is 0 Å². The van der Waals surface area contributed by atoms with E-state index in [1.165, 1.54) is 18.2 Å².